The molecule has 0 spiro atoms. The van der Waals surface area contributed by atoms with Crippen molar-refractivity contribution in [3.8, 4) is 11.1 Å². The largest absolute Gasteiger partial charge is 0.478 e. The highest BCUT2D eigenvalue weighted by atomic mass is 16.4. The fourth-order valence-electron chi connectivity index (χ4n) is 4.29. The molecule has 4 rings (SSSR count). The van der Waals surface area contributed by atoms with Crippen molar-refractivity contribution in [2.24, 2.45) is 11.5 Å². The van der Waals surface area contributed by atoms with Gasteiger partial charge >= 0.3 is 5.97 Å². The average molecular weight is 441 g/mol. The van der Waals surface area contributed by atoms with Gasteiger partial charge in [0.25, 0.3) is 0 Å². The number of fused-ring (bicyclic) bond motifs is 1. The number of amidine groups is 1. The molecule has 7 heteroatoms. The van der Waals surface area contributed by atoms with E-state index in [1.807, 2.05) is 48.7 Å². The Balaban J connectivity index is 1.79. The normalized spacial score (nSPS) is 11.9. The number of amides is 1. The number of benzene rings is 3. The van der Waals surface area contributed by atoms with E-state index >= 15 is 0 Å². The van der Waals surface area contributed by atoms with E-state index in [-0.39, 0.29) is 22.9 Å². The first kappa shape index (κ1) is 21.8. The van der Waals surface area contributed by atoms with E-state index < -0.39 is 11.9 Å². The van der Waals surface area contributed by atoms with Crippen LogP contribution in [-0.2, 0) is 0 Å². The standard InChI is InChI=1S/C26H24N4O3/c1-2-18(22-13-30-23-12-16(24(27)28)6-9-20(22)23)14-4-3-5-15(10-14)19-8-7-17(25(29)31)11-21(19)26(32)33/h3-13,18,30H,2H2,1H3,(H3,27,28)(H2,29,31)(H,32,33). The van der Waals surface area contributed by atoms with Crippen LogP contribution in [0.5, 0.6) is 0 Å². The maximum Gasteiger partial charge on any atom is 0.336 e. The fraction of sp³-hybridized carbons (Fsp3) is 0.115. The van der Waals surface area contributed by atoms with Crippen molar-refractivity contribution in [2.75, 3.05) is 0 Å². The highest BCUT2D eigenvalue weighted by molar-refractivity contribution is 6.01. The minimum Gasteiger partial charge on any atom is -0.478 e. The van der Waals surface area contributed by atoms with E-state index in [9.17, 15) is 14.7 Å². The summed E-state index contributed by atoms with van der Waals surface area (Å²) in [6.45, 7) is 2.10. The van der Waals surface area contributed by atoms with Crippen molar-refractivity contribution in [3.05, 3.63) is 94.7 Å². The van der Waals surface area contributed by atoms with Crippen molar-refractivity contribution < 1.29 is 14.7 Å². The van der Waals surface area contributed by atoms with Crippen molar-refractivity contribution in [1.82, 2.24) is 4.98 Å². The third-order valence-electron chi connectivity index (χ3n) is 5.94. The van der Waals surface area contributed by atoms with E-state index in [4.69, 9.17) is 16.9 Å². The molecule has 0 aliphatic rings. The van der Waals surface area contributed by atoms with Crippen LogP contribution < -0.4 is 11.5 Å². The predicted octanol–water partition coefficient (Wildman–Crippen LogP) is 4.46. The number of aromatic nitrogens is 1. The second-order valence-corrected chi connectivity index (χ2v) is 7.93. The first-order chi connectivity index (χ1) is 15.8. The molecule has 0 fully saturated rings. The van der Waals surface area contributed by atoms with E-state index in [1.54, 1.807) is 12.1 Å². The molecule has 0 saturated carbocycles. The molecular formula is C26H24N4O3. The van der Waals surface area contributed by atoms with Crippen LogP contribution in [0.1, 0.15) is 56.7 Å². The highest BCUT2D eigenvalue weighted by Crippen LogP contribution is 2.36. The number of carbonyl (C=O) groups is 2. The van der Waals surface area contributed by atoms with Crippen LogP contribution in [0.2, 0.25) is 0 Å². The number of carboxylic acids is 1. The second kappa shape index (κ2) is 8.63. The number of hydrogen-bond donors (Lipinski definition) is 5. The molecule has 3 aromatic carbocycles. The lowest BCUT2D eigenvalue weighted by Gasteiger charge is -2.17. The highest BCUT2D eigenvalue weighted by Gasteiger charge is 2.19. The van der Waals surface area contributed by atoms with Crippen LogP contribution in [0.4, 0.5) is 0 Å². The summed E-state index contributed by atoms with van der Waals surface area (Å²) in [6.07, 6.45) is 2.80. The van der Waals surface area contributed by atoms with Gasteiger partial charge in [-0.05, 0) is 46.9 Å². The number of hydrogen-bond acceptors (Lipinski definition) is 3. The molecule has 0 aliphatic carbocycles. The van der Waals surface area contributed by atoms with Gasteiger partial charge in [0.1, 0.15) is 5.84 Å². The van der Waals surface area contributed by atoms with Gasteiger partial charge in [-0.1, -0.05) is 49.4 Å². The molecule has 1 aromatic heterocycles. The lowest BCUT2D eigenvalue weighted by atomic mass is 9.86. The van der Waals surface area contributed by atoms with Gasteiger partial charge in [0.15, 0.2) is 0 Å². The van der Waals surface area contributed by atoms with E-state index in [2.05, 4.69) is 11.9 Å². The average Bonchev–Trinajstić information content (AvgIpc) is 3.22. The summed E-state index contributed by atoms with van der Waals surface area (Å²) in [5.74, 6) is -1.70. The summed E-state index contributed by atoms with van der Waals surface area (Å²) < 4.78 is 0. The molecule has 166 valence electrons. The molecule has 7 nitrogen and oxygen atoms in total. The van der Waals surface area contributed by atoms with Gasteiger partial charge in [0.05, 0.1) is 5.56 Å². The lowest BCUT2D eigenvalue weighted by molar-refractivity contribution is 0.0697. The first-order valence-electron chi connectivity index (χ1n) is 10.5. The third-order valence-corrected chi connectivity index (χ3v) is 5.94. The summed E-state index contributed by atoms with van der Waals surface area (Å²) in [4.78, 5) is 26.7. The van der Waals surface area contributed by atoms with Crippen LogP contribution in [0, 0.1) is 5.41 Å². The molecule has 0 bridgehead atoms. The number of nitrogens with one attached hydrogen (secondary N) is 2. The maximum atomic E-state index is 11.9. The zero-order valence-electron chi connectivity index (χ0n) is 18.1. The Morgan fingerprint density at radius 1 is 1.03 bits per heavy atom. The molecular weight excluding hydrogens is 416 g/mol. The summed E-state index contributed by atoms with van der Waals surface area (Å²) in [5.41, 5.74) is 16.1. The van der Waals surface area contributed by atoms with Crippen LogP contribution in [-0.4, -0.2) is 27.8 Å². The van der Waals surface area contributed by atoms with Crippen LogP contribution in [0.25, 0.3) is 22.0 Å². The SMILES string of the molecule is CCC(c1cccc(-c2ccc(C(N)=O)cc2C(=O)O)c1)c1c[nH]c2cc(C(=N)N)ccc12. The number of nitrogen functional groups attached to an aromatic ring is 1. The first-order valence-corrected chi connectivity index (χ1v) is 10.5. The Labute approximate surface area is 190 Å². The van der Waals surface area contributed by atoms with E-state index in [0.29, 0.717) is 11.1 Å². The Hall–Kier alpha value is -4.39. The minimum atomic E-state index is -1.12. The zero-order valence-corrected chi connectivity index (χ0v) is 18.1. The molecule has 0 radical (unpaired) electrons. The van der Waals surface area contributed by atoms with E-state index in [0.717, 1.165) is 34.0 Å². The maximum absolute atomic E-state index is 11.9. The molecule has 0 saturated heterocycles. The predicted molar refractivity (Wildman–Crippen MR) is 129 cm³/mol. The number of nitrogens with two attached hydrogens (primary N) is 2. The fourth-order valence-corrected chi connectivity index (χ4v) is 4.29. The van der Waals surface area contributed by atoms with E-state index in [1.165, 1.54) is 6.07 Å². The summed E-state index contributed by atoms with van der Waals surface area (Å²) in [5, 5.41) is 18.4. The number of rotatable bonds is 7. The number of carboxylic acid groups (broad SMARTS) is 1. The number of carbonyl (C=O) groups excluding carboxylic acids is 1. The van der Waals surface area contributed by atoms with Crippen LogP contribution in [0.15, 0.2) is 66.9 Å². The molecule has 1 unspecified atom stereocenters. The number of aromatic amines is 1. The van der Waals surface area contributed by atoms with Gasteiger partial charge in [-0.25, -0.2) is 4.79 Å². The van der Waals surface area contributed by atoms with Gasteiger partial charge in [0, 0.05) is 34.1 Å². The van der Waals surface area contributed by atoms with Crippen LogP contribution in [0.3, 0.4) is 0 Å². The van der Waals surface area contributed by atoms with Crippen molar-refractivity contribution in [2.45, 2.75) is 19.3 Å². The molecule has 1 amide bonds. The van der Waals surface area contributed by atoms with Gasteiger partial charge in [-0.3, -0.25) is 10.2 Å². The van der Waals surface area contributed by atoms with Gasteiger partial charge in [-0.2, -0.15) is 0 Å². The number of primary amides is 1. The summed E-state index contributed by atoms with van der Waals surface area (Å²) >= 11 is 0. The number of H-pyrrole nitrogens is 1. The van der Waals surface area contributed by atoms with Gasteiger partial charge in [-0.15, -0.1) is 0 Å². The summed E-state index contributed by atoms with van der Waals surface area (Å²) in [6, 6.07) is 17.9. The smallest absolute Gasteiger partial charge is 0.336 e. The summed E-state index contributed by atoms with van der Waals surface area (Å²) in [7, 11) is 0. The zero-order chi connectivity index (χ0) is 23.7. The molecule has 0 aliphatic heterocycles. The molecule has 33 heavy (non-hydrogen) atoms. The molecule has 1 heterocycles. The second-order valence-electron chi connectivity index (χ2n) is 7.93. The Kier molecular flexibility index (Phi) is 5.70. The Bertz CT molecular complexity index is 1400. The monoisotopic (exact) mass is 440 g/mol. The molecule has 1 atom stereocenters. The van der Waals surface area contributed by atoms with Gasteiger partial charge in [0.2, 0.25) is 5.91 Å². The quantitative estimate of drug-likeness (QED) is 0.213. The molecule has 4 aromatic rings. The van der Waals surface area contributed by atoms with Gasteiger partial charge < -0.3 is 21.6 Å². The van der Waals surface area contributed by atoms with Crippen molar-refractivity contribution >= 4 is 28.6 Å². The van der Waals surface area contributed by atoms with Crippen molar-refractivity contribution in [3.63, 3.8) is 0 Å². The number of aromatic carboxylic acids is 1. The van der Waals surface area contributed by atoms with Crippen molar-refractivity contribution in [1.29, 1.82) is 5.41 Å². The Morgan fingerprint density at radius 3 is 2.45 bits per heavy atom. The minimum absolute atomic E-state index is 0.0179. The topological polar surface area (TPSA) is 146 Å². The third kappa shape index (κ3) is 4.08. The van der Waals surface area contributed by atoms with Crippen LogP contribution >= 0.6 is 0 Å². The molecule has 7 N–H and O–H groups in total. The Morgan fingerprint density at radius 2 is 1.79 bits per heavy atom. The lowest BCUT2D eigenvalue weighted by Crippen LogP contribution is -2.12.